The van der Waals surface area contributed by atoms with E-state index in [1.807, 2.05) is 6.92 Å². The lowest BCUT2D eigenvalue weighted by molar-refractivity contribution is -0.121. The molecular formula is C11H26N2O2. The summed E-state index contributed by atoms with van der Waals surface area (Å²) in [5, 5.41) is 5.35. The molecule has 92 valence electrons. The van der Waals surface area contributed by atoms with Crippen molar-refractivity contribution in [3.8, 4) is 0 Å². The van der Waals surface area contributed by atoms with Crippen LogP contribution in [0, 0.1) is 0 Å². The summed E-state index contributed by atoms with van der Waals surface area (Å²) in [4.78, 5) is 21.9. The molecule has 0 aromatic rings. The minimum atomic E-state index is 0. The molecule has 0 saturated heterocycles. The first-order valence-corrected chi connectivity index (χ1v) is 5.68. The topological polar surface area (TPSA) is 58.2 Å². The van der Waals surface area contributed by atoms with Crippen molar-refractivity contribution in [1.82, 2.24) is 10.6 Å². The SMILES string of the molecule is CCNC(=O)CCCCCCC(=O)NC.[HH].[HH]. The Bertz CT molecular complexity index is 202. The Balaban J connectivity index is -0.000000980. The van der Waals surface area contributed by atoms with Crippen LogP contribution in [0.25, 0.3) is 0 Å². The zero-order valence-corrected chi connectivity index (χ0v) is 9.77. The van der Waals surface area contributed by atoms with Gasteiger partial charge in [0.2, 0.25) is 11.8 Å². The highest BCUT2D eigenvalue weighted by atomic mass is 16.2. The second-order valence-corrected chi connectivity index (χ2v) is 3.54. The van der Waals surface area contributed by atoms with E-state index in [-0.39, 0.29) is 14.7 Å². The number of rotatable bonds is 8. The first-order chi connectivity index (χ1) is 7.20. The van der Waals surface area contributed by atoms with Gasteiger partial charge in [-0.3, -0.25) is 9.59 Å². The number of amides is 2. The van der Waals surface area contributed by atoms with Crippen molar-refractivity contribution in [2.75, 3.05) is 13.6 Å². The summed E-state index contributed by atoms with van der Waals surface area (Å²) >= 11 is 0. The number of carbonyl (C=O) groups excluding carboxylic acids is 2. The summed E-state index contributed by atoms with van der Waals surface area (Å²) in [5.41, 5.74) is 0. The van der Waals surface area contributed by atoms with E-state index >= 15 is 0 Å². The molecule has 0 fully saturated rings. The fourth-order valence-corrected chi connectivity index (χ4v) is 1.34. The molecule has 0 atom stereocenters. The van der Waals surface area contributed by atoms with Crippen molar-refractivity contribution in [2.24, 2.45) is 0 Å². The minimum Gasteiger partial charge on any atom is -0.359 e. The quantitative estimate of drug-likeness (QED) is 0.609. The van der Waals surface area contributed by atoms with Gasteiger partial charge in [-0.1, -0.05) is 12.8 Å². The summed E-state index contributed by atoms with van der Waals surface area (Å²) in [5.74, 6) is 0.225. The fraction of sp³-hybridized carbons (Fsp3) is 0.818. The van der Waals surface area contributed by atoms with Gasteiger partial charge >= 0.3 is 0 Å². The van der Waals surface area contributed by atoms with Crippen LogP contribution in [0.5, 0.6) is 0 Å². The lowest BCUT2D eigenvalue weighted by Crippen LogP contribution is -2.22. The van der Waals surface area contributed by atoms with E-state index in [0.717, 1.165) is 25.7 Å². The van der Waals surface area contributed by atoms with Gasteiger partial charge in [0, 0.05) is 29.3 Å². The highest BCUT2D eigenvalue weighted by Crippen LogP contribution is 2.05. The maximum absolute atomic E-state index is 11.1. The van der Waals surface area contributed by atoms with Gasteiger partial charge in [-0.2, -0.15) is 0 Å². The molecule has 0 bridgehead atoms. The number of carbonyl (C=O) groups is 2. The monoisotopic (exact) mass is 218 g/mol. The molecule has 0 aliphatic carbocycles. The third-order valence-electron chi connectivity index (χ3n) is 2.21. The van der Waals surface area contributed by atoms with Crippen molar-refractivity contribution >= 4 is 11.8 Å². The Hall–Kier alpha value is -1.06. The van der Waals surface area contributed by atoms with Crippen LogP contribution in [0.2, 0.25) is 0 Å². The van der Waals surface area contributed by atoms with E-state index in [0.29, 0.717) is 19.4 Å². The lowest BCUT2D eigenvalue weighted by Gasteiger charge is -2.02. The summed E-state index contributed by atoms with van der Waals surface area (Å²) < 4.78 is 0. The predicted molar refractivity (Wildman–Crippen MR) is 64.7 cm³/mol. The van der Waals surface area contributed by atoms with Gasteiger partial charge in [0.15, 0.2) is 0 Å². The fourth-order valence-electron chi connectivity index (χ4n) is 1.34. The Morgan fingerprint density at radius 1 is 1.00 bits per heavy atom. The third kappa shape index (κ3) is 9.25. The maximum Gasteiger partial charge on any atom is 0.219 e. The van der Waals surface area contributed by atoms with Gasteiger partial charge in [0.05, 0.1) is 0 Å². The normalized spacial score (nSPS) is 9.73. The van der Waals surface area contributed by atoms with Crippen molar-refractivity contribution in [3.63, 3.8) is 0 Å². The van der Waals surface area contributed by atoms with Crippen molar-refractivity contribution in [1.29, 1.82) is 0 Å². The van der Waals surface area contributed by atoms with Crippen LogP contribution in [0.4, 0.5) is 0 Å². The van der Waals surface area contributed by atoms with E-state index in [1.54, 1.807) is 7.05 Å². The summed E-state index contributed by atoms with van der Waals surface area (Å²) in [6.07, 6.45) is 5.07. The van der Waals surface area contributed by atoms with Crippen LogP contribution < -0.4 is 10.6 Å². The summed E-state index contributed by atoms with van der Waals surface area (Å²) in [7, 11) is 1.65. The van der Waals surface area contributed by atoms with E-state index in [2.05, 4.69) is 10.6 Å². The largest absolute Gasteiger partial charge is 0.359 e. The van der Waals surface area contributed by atoms with Crippen LogP contribution in [-0.4, -0.2) is 25.4 Å². The van der Waals surface area contributed by atoms with E-state index in [1.165, 1.54) is 0 Å². The van der Waals surface area contributed by atoms with Gasteiger partial charge in [-0.15, -0.1) is 0 Å². The molecule has 4 nitrogen and oxygen atoms in total. The molecule has 0 saturated carbocycles. The zero-order chi connectivity index (χ0) is 11.5. The molecule has 2 amide bonds. The molecule has 0 aliphatic rings. The number of hydrogen-bond acceptors (Lipinski definition) is 2. The van der Waals surface area contributed by atoms with Gasteiger partial charge < -0.3 is 10.6 Å². The molecule has 0 radical (unpaired) electrons. The molecule has 0 spiro atoms. The average Bonchev–Trinajstić information content (AvgIpc) is 2.23. The van der Waals surface area contributed by atoms with Crippen molar-refractivity contribution < 1.29 is 12.4 Å². The highest BCUT2D eigenvalue weighted by molar-refractivity contribution is 5.75. The van der Waals surface area contributed by atoms with Crippen LogP contribution in [0.15, 0.2) is 0 Å². The van der Waals surface area contributed by atoms with Crippen molar-refractivity contribution in [3.05, 3.63) is 0 Å². The molecule has 15 heavy (non-hydrogen) atoms. The Labute approximate surface area is 94.8 Å². The van der Waals surface area contributed by atoms with E-state index in [9.17, 15) is 9.59 Å². The highest BCUT2D eigenvalue weighted by Gasteiger charge is 2.00. The Kier molecular flexibility index (Phi) is 8.82. The van der Waals surface area contributed by atoms with Crippen LogP contribution >= 0.6 is 0 Å². The molecule has 2 N–H and O–H groups in total. The summed E-state index contributed by atoms with van der Waals surface area (Å²) in [6, 6.07) is 0. The molecule has 0 aromatic carbocycles. The van der Waals surface area contributed by atoms with Crippen molar-refractivity contribution in [2.45, 2.75) is 45.4 Å². The number of hydrogen-bond donors (Lipinski definition) is 2. The van der Waals surface area contributed by atoms with Crippen LogP contribution in [0.1, 0.15) is 48.3 Å². The third-order valence-corrected chi connectivity index (χ3v) is 2.21. The van der Waals surface area contributed by atoms with Crippen LogP contribution in [-0.2, 0) is 9.59 Å². The van der Waals surface area contributed by atoms with Crippen LogP contribution in [0.3, 0.4) is 0 Å². The standard InChI is InChI=1S/C11H22N2O2.2H2/c1-3-13-11(15)9-7-5-4-6-8-10(14)12-2;;/h3-9H2,1-2H3,(H,12,14)(H,13,15);2*1H. The second kappa shape index (κ2) is 9.49. The van der Waals surface area contributed by atoms with Gasteiger partial charge in [-0.05, 0) is 19.8 Å². The molecule has 0 aromatic heterocycles. The number of nitrogens with one attached hydrogen (secondary N) is 2. The first kappa shape index (κ1) is 13.9. The average molecular weight is 218 g/mol. The molecule has 0 unspecified atom stereocenters. The minimum absolute atomic E-state index is 0. The number of unbranched alkanes of at least 4 members (excludes halogenated alkanes) is 3. The Morgan fingerprint density at radius 2 is 1.53 bits per heavy atom. The zero-order valence-electron chi connectivity index (χ0n) is 9.77. The van der Waals surface area contributed by atoms with Gasteiger partial charge in [0.25, 0.3) is 0 Å². The first-order valence-electron chi connectivity index (χ1n) is 5.68. The van der Waals surface area contributed by atoms with E-state index in [4.69, 9.17) is 0 Å². The predicted octanol–water partition coefficient (Wildman–Crippen LogP) is 1.70. The van der Waals surface area contributed by atoms with E-state index < -0.39 is 0 Å². The molecule has 0 aliphatic heterocycles. The lowest BCUT2D eigenvalue weighted by atomic mass is 10.1. The van der Waals surface area contributed by atoms with Gasteiger partial charge in [-0.25, -0.2) is 0 Å². The summed E-state index contributed by atoms with van der Waals surface area (Å²) in [6.45, 7) is 2.62. The molecular weight excluding hydrogens is 192 g/mol. The second-order valence-electron chi connectivity index (χ2n) is 3.54. The maximum atomic E-state index is 11.1. The molecule has 4 heteroatoms. The smallest absolute Gasteiger partial charge is 0.219 e. The van der Waals surface area contributed by atoms with Gasteiger partial charge in [0.1, 0.15) is 0 Å². The Morgan fingerprint density at radius 3 is 2.00 bits per heavy atom. The molecule has 0 rings (SSSR count). The molecule has 0 heterocycles.